The number of amides is 1. The van der Waals surface area contributed by atoms with Crippen LogP contribution in [0, 0.1) is 5.92 Å². The van der Waals surface area contributed by atoms with Gasteiger partial charge in [0.2, 0.25) is 5.91 Å². The van der Waals surface area contributed by atoms with Crippen LogP contribution in [-0.4, -0.2) is 29.4 Å². The van der Waals surface area contributed by atoms with E-state index in [4.69, 9.17) is 17.3 Å². The first-order chi connectivity index (χ1) is 10.6. The largest absolute Gasteiger partial charge is 0.340 e. The Balaban J connectivity index is 0.00000192. The fraction of sp³-hybridized carbons (Fsp3) is 0.611. The van der Waals surface area contributed by atoms with E-state index in [1.54, 1.807) is 0 Å². The topological polar surface area (TPSA) is 46.3 Å². The number of carbonyl (C=O) groups excluding carboxylic acids is 1. The summed E-state index contributed by atoms with van der Waals surface area (Å²) in [4.78, 5) is 14.9. The summed E-state index contributed by atoms with van der Waals surface area (Å²) in [6.07, 6.45) is 7.21. The average molecular weight is 357 g/mol. The Bertz CT molecular complexity index is 522. The van der Waals surface area contributed by atoms with E-state index in [0.29, 0.717) is 5.92 Å². The molecule has 2 fully saturated rings. The van der Waals surface area contributed by atoms with Crippen LogP contribution in [0.15, 0.2) is 24.3 Å². The highest BCUT2D eigenvalue weighted by atomic mass is 35.5. The fourth-order valence-electron chi connectivity index (χ4n) is 3.34. The second-order valence-corrected chi connectivity index (χ2v) is 7.37. The van der Waals surface area contributed by atoms with Crippen molar-refractivity contribution < 1.29 is 4.79 Å². The minimum atomic E-state index is -0.602. The predicted octanol–water partition coefficient (Wildman–Crippen LogP) is 3.81. The van der Waals surface area contributed by atoms with Crippen LogP contribution in [0.2, 0.25) is 5.02 Å². The van der Waals surface area contributed by atoms with Gasteiger partial charge < -0.3 is 10.6 Å². The normalized spacial score (nSPS) is 19.2. The summed E-state index contributed by atoms with van der Waals surface area (Å²) in [5.41, 5.74) is 7.00. The first-order valence-electron chi connectivity index (χ1n) is 8.39. The molecule has 2 N–H and O–H groups in total. The van der Waals surface area contributed by atoms with Crippen LogP contribution in [0.1, 0.15) is 44.1 Å². The molecule has 0 aromatic heterocycles. The van der Waals surface area contributed by atoms with Crippen molar-refractivity contribution in [3.63, 3.8) is 0 Å². The Morgan fingerprint density at radius 3 is 2.39 bits per heavy atom. The van der Waals surface area contributed by atoms with E-state index >= 15 is 0 Å². The monoisotopic (exact) mass is 356 g/mol. The van der Waals surface area contributed by atoms with Gasteiger partial charge in [-0.3, -0.25) is 4.79 Å². The molecule has 0 bridgehead atoms. The number of hydrogen-bond acceptors (Lipinski definition) is 2. The van der Waals surface area contributed by atoms with Crippen molar-refractivity contribution in [3.8, 4) is 0 Å². The lowest BCUT2D eigenvalue weighted by Gasteiger charge is -2.32. The van der Waals surface area contributed by atoms with Crippen molar-refractivity contribution in [1.29, 1.82) is 0 Å². The Morgan fingerprint density at radius 1 is 1.22 bits per heavy atom. The average Bonchev–Trinajstić information content (AvgIpc) is 3.23. The van der Waals surface area contributed by atoms with Crippen molar-refractivity contribution in [1.82, 2.24) is 4.90 Å². The molecule has 0 spiro atoms. The summed E-state index contributed by atoms with van der Waals surface area (Å²) in [5, 5.41) is 0.751. The van der Waals surface area contributed by atoms with Gasteiger partial charge in [-0.2, -0.15) is 0 Å². The van der Waals surface area contributed by atoms with E-state index in [1.807, 2.05) is 29.2 Å². The van der Waals surface area contributed by atoms with Crippen molar-refractivity contribution in [3.05, 3.63) is 34.9 Å². The molecule has 3 rings (SSSR count). The first-order valence-corrected chi connectivity index (χ1v) is 8.77. The molecule has 3 nitrogen and oxygen atoms in total. The SMILES string of the molecule is Cl.NC1(C(=O)N(CCc2ccc(Cl)cc2)CC2CC2)CCCC1. The van der Waals surface area contributed by atoms with Gasteiger partial charge in [0.25, 0.3) is 0 Å². The third kappa shape index (κ3) is 4.85. The van der Waals surface area contributed by atoms with Crippen LogP contribution in [0.3, 0.4) is 0 Å². The molecule has 0 unspecified atom stereocenters. The molecule has 0 saturated heterocycles. The molecule has 0 heterocycles. The number of carbonyl (C=O) groups is 1. The first kappa shape index (κ1) is 18.6. The number of benzene rings is 1. The highest BCUT2D eigenvalue weighted by Gasteiger charge is 2.41. The van der Waals surface area contributed by atoms with E-state index in [1.165, 1.54) is 18.4 Å². The Morgan fingerprint density at radius 2 is 1.83 bits per heavy atom. The number of nitrogens with two attached hydrogens (primary N) is 1. The summed E-state index contributed by atoms with van der Waals surface area (Å²) in [5.74, 6) is 0.866. The van der Waals surface area contributed by atoms with Gasteiger partial charge in [-0.1, -0.05) is 36.6 Å². The van der Waals surface area contributed by atoms with Gasteiger partial charge in [0.1, 0.15) is 0 Å². The van der Waals surface area contributed by atoms with Crippen LogP contribution in [0.5, 0.6) is 0 Å². The summed E-state index contributed by atoms with van der Waals surface area (Å²) < 4.78 is 0. The Hall–Kier alpha value is -0.770. The van der Waals surface area contributed by atoms with Crippen molar-refractivity contribution >= 4 is 29.9 Å². The maximum atomic E-state index is 12.9. The molecule has 23 heavy (non-hydrogen) atoms. The Kier molecular flexibility index (Phi) is 6.35. The molecule has 2 saturated carbocycles. The van der Waals surface area contributed by atoms with Gasteiger partial charge in [0.05, 0.1) is 5.54 Å². The van der Waals surface area contributed by atoms with Gasteiger partial charge in [-0.25, -0.2) is 0 Å². The molecule has 5 heteroatoms. The second kappa shape index (κ2) is 7.87. The molecule has 1 aromatic rings. The molecular weight excluding hydrogens is 331 g/mol. The Labute approximate surface area is 150 Å². The third-order valence-corrected chi connectivity index (χ3v) is 5.22. The van der Waals surface area contributed by atoms with Crippen LogP contribution in [0.4, 0.5) is 0 Å². The van der Waals surface area contributed by atoms with E-state index in [9.17, 15) is 4.79 Å². The quantitative estimate of drug-likeness (QED) is 0.841. The molecule has 1 aromatic carbocycles. The zero-order valence-corrected chi connectivity index (χ0v) is 15.0. The number of halogens is 2. The van der Waals surface area contributed by atoms with E-state index in [2.05, 4.69) is 0 Å². The molecule has 2 aliphatic rings. The van der Waals surface area contributed by atoms with Crippen LogP contribution < -0.4 is 5.73 Å². The summed E-state index contributed by atoms with van der Waals surface area (Å²) >= 11 is 5.93. The van der Waals surface area contributed by atoms with Crippen LogP contribution in [-0.2, 0) is 11.2 Å². The van der Waals surface area contributed by atoms with Gasteiger partial charge in [0.15, 0.2) is 0 Å². The molecule has 0 atom stereocenters. The van der Waals surface area contributed by atoms with Gasteiger partial charge >= 0.3 is 0 Å². The maximum absolute atomic E-state index is 12.9. The molecule has 2 aliphatic carbocycles. The van der Waals surface area contributed by atoms with Crippen molar-refractivity contribution in [2.75, 3.05) is 13.1 Å². The van der Waals surface area contributed by atoms with E-state index in [0.717, 1.165) is 50.2 Å². The minimum Gasteiger partial charge on any atom is -0.340 e. The lowest BCUT2D eigenvalue weighted by Crippen LogP contribution is -2.54. The van der Waals surface area contributed by atoms with Crippen molar-refractivity contribution in [2.24, 2.45) is 11.7 Å². The van der Waals surface area contributed by atoms with Gasteiger partial charge in [0, 0.05) is 18.1 Å². The molecule has 0 aliphatic heterocycles. The molecule has 128 valence electrons. The molecular formula is C18H26Cl2N2O. The highest BCUT2D eigenvalue weighted by molar-refractivity contribution is 6.30. The number of hydrogen-bond donors (Lipinski definition) is 1. The summed E-state index contributed by atoms with van der Waals surface area (Å²) in [7, 11) is 0. The van der Waals surface area contributed by atoms with Crippen LogP contribution in [0.25, 0.3) is 0 Å². The molecule has 0 radical (unpaired) electrons. The number of nitrogens with zero attached hydrogens (tertiary/aromatic N) is 1. The second-order valence-electron chi connectivity index (χ2n) is 6.93. The highest BCUT2D eigenvalue weighted by Crippen LogP contribution is 2.33. The minimum absolute atomic E-state index is 0. The van der Waals surface area contributed by atoms with Gasteiger partial charge in [-0.05, 0) is 55.7 Å². The van der Waals surface area contributed by atoms with E-state index in [-0.39, 0.29) is 18.3 Å². The lowest BCUT2D eigenvalue weighted by atomic mass is 9.96. The molecule has 1 amide bonds. The predicted molar refractivity (Wildman–Crippen MR) is 97.1 cm³/mol. The van der Waals surface area contributed by atoms with E-state index < -0.39 is 5.54 Å². The fourth-order valence-corrected chi connectivity index (χ4v) is 3.46. The standard InChI is InChI=1S/C18H25ClN2O.ClH/c19-16-7-5-14(6-8-16)9-12-21(13-15-3-4-15)17(22)18(20)10-1-2-11-18;/h5-8,15H,1-4,9-13,20H2;1H. The third-order valence-electron chi connectivity index (χ3n) is 4.97. The lowest BCUT2D eigenvalue weighted by molar-refractivity contribution is -0.137. The zero-order valence-electron chi connectivity index (χ0n) is 13.5. The van der Waals surface area contributed by atoms with Crippen molar-refractivity contribution in [2.45, 2.75) is 50.5 Å². The number of rotatable bonds is 6. The van der Waals surface area contributed by atoms with Gasteiger partial charge in [-0.15, -0.1) is 12.4 Å². The summed E-state index contributed by atoms with van der Waals surface area (Å²) in [6.45, 7) is 1.64. The zero-order chi connectivity index (χ0) is 15.6. The maximum Gasteiger partial charge on any atom is 0.242 e. The van der Waals surface area contributed by atoms with Crippen LogP contribution >= 0.6 is 24.0 Å². The summed E-state index contributed by atoms with van der Waals surface area (Å²) in [6, 6.07) is 7.89. The smallest absolute Gasteiger partial charge is 0.242 e.